The fourth-order valence-electron chi connectivity index (χ4n) is 2.75. The van der Waals surface area contributed by atoms with Crippen LogP contribution in [-0.4, -0.2) is 46.7 Å². The Labute approximate surface area is 125 Å². The minimum absolute atomic E-state index is 0.0138. The number of piperazine rings is 1. The smallest absolute Gasteiger partial charge is 0.293 e. The maximum atomic E-state index is 12.4. The SMILES string of the molecule is CCCn1ccnc(N2CCN(C(C#N)CC)CC2)c1=O. The Morgan fingerprint density at radius 3 is 2.62 bits per heavy atom. The second-order valence-corrected chi connectivity index (χ2v) is 5.33. The summed E-state index contributed by atoms with van der Waals surface area (Å²) in [4.78, 5) is 20.9. The number of nitriles is 1. The largest absolute Gasteiger partial charge is 0.349 e. The first-order valence-electron chi connectivity index (χ1n) is 7.65. The van der Waals surface area contributed by atoms with Crippen molar-refractivity contribution < 1.29 is 0 Å². The van der Waals surface area contributed by atoms with Gasteiger partial charge in [-0.1, -0.05) is 13.8 Å². The normalized spacial score (nSPS) is 17.5. The molecule has 2 rings (SSSR count). The van der Waals surface area contributed by atoms with Gasteiger partial charge in [0.1, 0.15) is 0 Å². The van der Waals surface area contributed by atoms with Crippen molar-refractivity contribution >= 4 is 5.82 Å². The summed E-state index contributed by atoms with van der Waals surface area (Å²) in [5.41, 5.74) is -0.0138. The van der Waals surface area contributed by atoms with Crippen molar-refractivity contribution in [2.45, 2.75) is 39.3 Å². The minimum Gasteiger partial charge on any atom is -0.349 e. The Bertz CT molecular complexity index is 554. The van der Waals surface area contributed by atoms with Gasteiger partial charge in [0.05, 0.1) is 12.1 Å². The van der Waals surface area contributed by atoms with Gasteiger partial charge in [-0.25, -0.2) is 4.98 Å². The molecule has 1 fully saturated rings. The molecule has 0 saturated carbocycles. The van der Waals surface area contributed by atoms with E-state index in [-0.39, 0.29) is 11.6 Å². The predicted octanol–water partition coefficient (Wildman–Crippen LogP) is 1.08. The molecule has 0 bridgehead atoms. The molecule has 0 aromatic carbocycles. The monoisotopic (exact) mass is 289 g/mol. The van der Waals surface area contributed by atoms with Crippen LogP contribution in [0.4, 0.5) is 5.82 Å². The number of anilines is 1. The molecule has 1 aromatic heterocycles. The van der Waals surface area contributed by atoms with E-state index in [1.165, 1.54) is 0 Å². The molecule has 0 aliphatic carbocycles. The molecule has 0 spiro atoms. The van der Waals surface area contributed by atoms with E-state index in [2.05, 4.69) is 22.9 Å². The van der Waals surface area contributed by atoms with Crippen molar-refractivity contribution in [3.8, 4) is 6.07 Å². The second-order valence-electron chi connectivity index (χ2n) is 5.33. The van der Waals surface area contributed by atoms with Crippen LogP contribution in [0.1, 0.15) is 26.7 Å². The van der Waals surface area contributed by atoms with Gasteiger partial charge in [-0.3, -0.25) is 9.69 Å². The lowest BCUT2D eigenvalue weighted by molar-refractivity contribution is 0.215. The third-order valence-electron chi connectivity index (χ3n) is 3.95. The summed E-state index contributed by atoms with van der Waals surface area (Å²) in [6.45, 7) is 7.90. The highest BCUT2D eigenvalue weighted by Crippen LogP contribution is 2.12. The van der Waals surface area contributed by atoms with Crippen LogP contribution in [0.5, 0.6) is 0 Å². The van der Waals surface area contributed by atoms with E-state index in [1.807, 2.05) is 11.8 Å². The summed E-state index contributed by atoms with van der Waals surface area (Å²) in [5, 5.41) is 9.13. The van der Waals surface area contributed by atoms with Gasteiger partial charge in [-0.2, -0.15) is 5.26 Å². The van der Waals surface area contributed by atoms with Crippen LogP contribution < -0.4 is 10.5 Å². The number of nitrogens with zero attached hydrogens (tertiary/aromatic N) is 5. The van der Waals surface area contributed by atoms with Gasteiger partial charge in [0.25, 0.3) is 5.56 Å². The number of hydrogen-bond donors (Lipinski definition) is 0. The highest BCUT2D eigenvalue weighted by atomic mass is 16.1. The molecule has 2 heterocycles. The first kappa shape index (κ1) is 15.5. The quantitative estimate of drug-likeness (QED) is 0.811. The van der Waals surface area contributed by atoms with Crippen LogP contribution in [0.3, 0.4) is 0 Å². The van der Waals surface area contributed by atoms with Gasteiger partial charge in [0.2, 0.25) is 0 Å². The summed E-state index contributed by atoms with van der Waals surface area (Å²) in [5.74, 6) is 0.538. The van der Waals surface area contributed by atoms with Crippen molar-refractivity contribution in [2.24, 2.45) is 0 Å². The van der Waals surface area contributed by atoms with Crippen LogP contribution in [0.2, 0.25) is 0 Å². The highest BCUT2D eigenvalue weighted by Gasteiger charge is 2.24. The van der Waals surface area contributed by atoms with E-state index >= 15 is 0 Å². The van der Waals surface area contributed by atoms with E-state index in [0.717, 1.165) is 45.6 Å². The van der Waals surface area contributed by atoms with Crippen molar-refractivity contribution in [3.63, 3.8) is 0 Å². The van der Waals surface area contributed by atoms with Crippen LogP contribution in [0.25, 0.3) is 0 Å². The zero-order chi connectivity index (χ0) is 15.2. The lowest BCUT2D eigenvalue weighted by Gasteiger charge is -2.36. The van der Waals surface area contributed by atoms with Crippen LogP contribution in [0, 0.1) is 11.3 Å². The van der Waals surface area contributed by atoms with Crippen LogP contribution in [-0.2, 0) is 6.54 Å². The lowest BCUT2D eigenvalue weighted by Crippen LogP contribution is -2.51. The molecule has 1 aliphatic heterocycles. The number of aryl methyl sites for hydroxylation is 1. The molecule has 0 amide bonds. The Balaban J connectivity index is 2.08. The molecular weight excluding hydrogens is 266 g/mol. The average molecular weight is 289 g/mol. The Morgan fingerprint density at radius 2 is 2.05 bits per heavy atom. The third-order valence-corrected chi connectivity index (χ3v) is 3.95. The molecule has 1 aliphatic rings. The van der Waals surface area contributed by atoms with Crippen molar-refractivity contribution in [2.75, 3.05) is 31.1 Å². The molecule has 6 nitrogen and oxygen atoms in total. The van der Waals surface area contributed by atoms with E-state index in [0.29, 0.717) is 5.82 Å². The summed E-state index contributed by atoms with van der Waals surface area (Å²) < 4.78 is 1.72. The standard InChI is InChI=1S/C15H23N5O/c1-3-6-20-7-5-17-14(15(20)21)19-10-8-18(9-11-19)13(4-2)12-16/h5,7,13H,3-4,6,8-11H2,1-2H3. The Hall–Kier alpha value is -1.87. The van der Waals surface area contributed by atoms with Gasteiger partial charge in [0, 0.05) is 45.1 Å². The first-order valence-corrected chi connectivity index (χ1v) is 7.65. The lowest BCUT2D eigenvalue weighted by atomic mass is 10.2. The summed E-state index contributed by atoms with van der Waals surface area (Å²) in [7, 11) is 0. The molecule has 114 valence electrons. The zero-order valence-corrected chi connectivity index (χ0v) is 12.8. The average Bonchev–Trinajstić information content (AvgIpc) is 2.52. The van der Waals surface area contributed by atoms with Crippen molar-refractivity contribution in [1.82, 2.24) is 14.5 Å². The Kier molecular flexibility index (Phi) is 5.34. The molecule has 1 unspecified atom stereocenters. The van der Waals surface area contributed by atoms with E-state index in [4.69, 9.17) is 5.26 Å². The minimum atomic E-state index is -0.0207. The predicted molar refractivity (Wildman–Crippen MR) is 82.3 cm³/mol. The Morgan fingerprint density at radius 1 is 1.33 bits per heavy atom. The van der Waals surface area contributed by atoms with Crippen molar-refractivity contribution in [3.05, 3.63) is 22.7 Å². The molecule has 21 heavy (non-hydrogen) atoms. The number of rotatable bonds is 5. The maximum absolute atomic E-state index is 12.4. The topological polar surface area (TPSA) is 65.2 Å². The zero-order valence-electron chi connectivity index (χ0n) is 12.8. The third kappa shape index (κ3) is 3.42. The molecule has 0 radical (unpaired) electrons. The fraction of sp³-hybridized carbons (Fsp3) is 0.667. The molecule has 1 atom stereocenters. The number of aromatic nitrogens is 2. The highest BCUT2D eigenvalue weighted by molar-refractivity contribution is 5.36. The van der Waals surface area contributed by atoms with Gasteiger partial charge in [-0.05, 0) is 12.8 Å². The fourth-order valence-corrected chi connectivity index (χ4v) is 2.75. The number of hydrogen-bond acceptors (Lipinski definition) is 5. The van der Waals surface area contributed by atoms with Crippen LogP contribution >= 0.6 is 0 Å². The second kappa shape index (κ2) is 7.23. The van der Waals surface area contributed by atoms with Gasteiger partial charge < -0.3 is 9.47 Å². The van der Waals surface area contributed by atoms with Gasteiger partial charge in [-0.15, -0.1) is 0 Å². The molecule has 1 saturated heterocycles. The molecule has 1 aromatic rings. The maximum Gasteiger partial charge on any atom is 0.293 e. The molecule has 0 N–H and O–H groups in total. The van der Waals surface area contributed by atoms with Crippen molar-refractivity contribution in [1.29, 1.82) is 5.26 Å². The molecule has 6 heteroatoms. The molecular formula is C15H23N5O. The first-order chi connectivity index (χ1) is 10.2. The van der Waals surface area contributed by atoms with E-state index in [1.54, 1.807) is 17.0 Å². The van der Waals surface area contributed by atoms with Crippen LogP contribution in [0.15, 0.2) is 17.2 Å². The summed E-state index contributed by atoms with van der Waals surface area (Å²) >= 11 is 0. The summed E-state index contributed by atoms with van der Waals surface area (Å²) in [6, 6.07) is 2.32. The van der Waals surface area contributed by atoms with E-state index < -0.39 is 0 Å². The van der Waals surface area contributed by atoms with Gasteiger partial charge >= 0.3 is 0 Å². The summed E-state index contributed by atoms with van der Waals surface area (Å²) in [6.07, 6.45) is 5.21. The van der Waals surface area contributed by atoms with Gasteiger partial charge in [0.15, 0.2) is 5.82 Å². The van der Waals surface area contributed by atoms with E-state index in [9.17, 15) is 4.79 Å².